The SMILES string of the molecule is Cn1[nH]c(=O)c(=O)nc1SCCC1CCNCC1. The molecule has 0 amide bonds. The van der Waals surface area contributed by atoms with Crippen LogP contribution >= 0.6 is 11.8 Å². The number of H-pyrrole nitrogens is 1. The number of hydrogen-bond donors (Lipinski definition) is 2. The Morgan fingerprint density at radius 2 is 2.11 bits per heavy atom. The molecule has 0 bridgehead atoms. The van der Waals surface area contributed by atoms with Crippen LogP contribution in [0.4, 0.5) is 0 Å². The van der Waals surface area contributed by atoms with Gasteiger partial charge in [-0.15, -0.1) is 0 Å². The topological polar surface area (TPSA) is 79.8 Å². The van der Waals surface area contributed by atoms with Gasteiger partial charge in [0.2, 0.25) is 0 Å². The molecule has 0 aliphatic carbocycles. The van der Waals surface area contributed by atoms with E-state index in [0.29, 0.717) is 5.16 Å². The van der Waals surface area contributed by atoms with E-state index in [9.17, 15) is 9.59 Å². The molecular weight excluding hydrogens is 252 g/mol. The molecule has 1 aliphatic heterocycles. The number of nitrogens with zero attached hydrogens (tertiary/aromatic N) is 2. The van der Waals surface area contributed by atoms with E-state index in [1.165, 1.54) is 29.3 Å². The van der Waals surface area contributed by atoms with Crippen molar-refractivity contribution >= 4 is 11.8 Å². The summed E-state index contributed by atoms with van der Waals surface area (Å²) < 4.78 is 1.51. The van der Waals surface area contributed by atoms with Crippen LogP contribution in [-0.4, -0.2) is 33.6 Å². The van der Waals surface area contributed by atoms with Crippen LogP contribution < -0.4 is 16.4 Å². The predicted molar refractivity (Wildman–Crippen MR) is 71.0 cm³/mol. The fourth-order valence-electron chi connectivity index (χ4n) is 2.08. The van der Waals surface area contributed by atoms with Gasteiger partial charge in [0.15, 0.2) is 5.16 Å². The van der Waals surface area contributed by atoms with Crippen molar-refractivity contribution in [2.75, 3.05) is 18.8 Å². The maximum atomic E-state index is 11.2. The van der Waals surface area contributed by atoms with Crippen molar-refractivity contribution in [1.82, 2.24) is 20.1 Å². The average molecular weight is 270 g/mol. The van der Waals surface area contributed by atoms with Gasteiger partial charge < -0.3 is 5.32 Å². The maximum Gasteiger partial charge on any atom is 0.339 e. The molecule has 0 radical (unpaired) electrons. The van der Waals surface area contributed by atoms with Gasteiger partial charge >= 0.3 is 11.1 Å². The van der Waals surface area contributed by atoms with E-state index in [4.69, 9.17) is 0 Å². The summed E-state index contributed by atoms with van der Waals surface area (Å²) in [5.41, 5.74) is -1.38. The molecule has 1 aromatic heterocycles. The van der Waals surface area contributed by atoms with Crippen LogP contribution in [0.15, 0.2) is 14.7 Å². The Hall–Kier alpha value is -1.08. The Balaban J connectivity index is 1.88. The molecule has 100 valence electrons. The highest BCUT2D eigenvalue weighted by Gasteiger charge is 2.13. The molecule has 6 nitrogen and oxygen atoms in total. The van der Waals surface area contributed by atoms with Crippen molar-refractivity contribution in [3.05, 3.63) is 20.7 Å². The van der Waals surface area contributed by atoms with Crippen LogP contribution in [0.25, 0.3) is 0 Å². The summed E-state index contributed by atoms with van der Waals surface area (Å²) in [6, 6.07) is 0. The van der Waals surface area contributed by atoms with Gasteiger partial charge in [-0.25, -0.2) is 0 Å². The summed E-state index contributed by atoms with van der Waals surface area (Å²) in [4.78, 5) is 26.0. The minimum Gasteiger partial charge on any atom is -0.317 e. The number of hydrogen-bond acceptors (Lipinski definition) is 5. The second-order valence-corrected chi connectivity index (χ2v) is 5.59. The van der Waals surface area contributed by atoms with Crippen LogP contribution in [-0.2, 0) is 7.05 Å². The molecule has 0 aromatic carbocycles. The second kappa shape index (κ2) is 6.19. The smallest absolute Gasteiger partial charge is 0.317 e. The molecule has 2 heterocycles. The number of nitrogens with one attached hydrogen (secondary N) is 2. The lowest BCUT2D eigenvalue weighted by Crippen LogP contribution is -2.34. The Morgan fingerprint density at radius 3 is 2.83 bits per heavy atom. The third-order valence-electron chi connectivity index (χ3n) is 3.16. The molecule has 0 spiro atoms. The summed E-state index contributed by atoms with van der Waals surface area (Å²) in [7, 11) is 1.70. The number of thioether (sulfide) groups is 1. The first-order valence-corrected chi connectivity index (χ1v) is 7.16. The summed E-state index contributed by atoms with van der Waals surface area (Å²) in [6.45, 7) is 2.20. The lowest BCUT2D eigenvalue weighted by Gasteiger charge is -2.22. The van der Waals surface area contributed by atoms with Crippen LogP contribution in [0.1, 0.15) is 19.3 Å². The van der Waals surface area contributed by atoms with E-state index in [0.717, 1.165) is 31.2 Å². The zero-order chi connectivity index (χ0) is 13.0. The molecule has 1 aliphatic rings. The Bertz CT molecular complexity index is 505. The van der Waals surface area contributed by atoms with Gasteiger partial charge in [0.25, 0.3) is 0 Å². The fraction of sp³-hybridized carbons (Fsp3) is 0.727. The molecule has 0 saturated carbocycles. The normalized spacial score (nSPS) is 16.9. The Morgan fingerprint density at radius 1 is 1.39 bits per heavy atom. The molecule has 7 heteroatoms. The largest absolute Gasteiger partial charge is 0.339 e. The van der Waals surface area contributed by atoms with E-state index in [-0.39, 0.29) is 0 Å². The zero-order valence-electron chi connectivity index (χ0n) is 10.4. The van der Waals surface area contributed by atoms with E-state index in [1.54, 1.807) is 7.05 Å². The number of piperidine rings is 1. The van der Waals surface area contributed by atoms with Crippen LogP contribution in [0, 0.1) is 5.92 Å². The van der Waals surface area contributed by atoms with Crippen molar-refractivity contribution in [1.29, 1.82) is 0 Å². The minimum atomic E-state index is -0.711. The molecule has 0 unspecified atom stereocenters. The highest BCUT2D eigenvalue weighted by atomic mass is 32.2. The van der Waals surface area contributed by atoms with Gasteiger partial charge in [-0.05, 0) is 38.3 Å². The van der Waals surface area contributed by atoms with Crippen molar-refractivity contribution in [2.24, 2.45) is 13.0 Å². The monoisotopic (exact) mass is 270 g/mol. The van der Waals surface area contributed by atoms with Gasteiger partial charge in [0.05, 0.1) is 0 Å². The van der Waals surface area contributed by atoms with Crippen molar-refractivity contribution in [3.63, 3.8) is 0 Å². The Kier molecular flexibility index (Phi) is 4.60. The van der Waals surface area contributed by atoms with Gasteiger partial charge in [-0.3, -0.25) is 19.4 Å². The molecule has 2 N–H and O–H groups in total. The number of aromatic amines is 1. The average Bonchev–Trinajstić information content (AvgIpc) is 2.37. The number of aromatic nitrogens is 3. The maximum absolute atomic E-state index is 11.2. The van der Waals surface area contributed by atoms with Crippen molar-refractivity contribution in [3.8, 4) is 0 Å². The lowest BCUT2D eigenvalue weighted by atomic mass is 9.96. The van der Waals surface area contributed by atoms with Gasteiger partial charge in [-0.2, -0.15) is 4.98 Å². The highest BCUT2D eigenvalue weighted by Crippen LogP contribution is 2.21. The first kappa shape index (κ1) is 13.4. The van der Waals surface area contributed by atoms with Crippen LogP contribution in [0.3, 0.4) is 0 Å². The molecule has 1 fully saturated rings. The second-order valence-electron chi connectivity index (χ2n) is 4.53. The van der Waals surface area contributed by atoms with Crippen molar-refractivity contribution < 1.29 is 0 Å². The summed E-state index contributed by atoms with van der Waals surface area (Å²) in [5, 5.41) is 6.37. The highest BCUT2D eigenvalue weighted by molar-refractivity contribution is 7.99. The van der Waals surface area contributed by atoms with Crippen LogP contribution in [0.2, 0.25) is 0 Å². The van der Waals surface area contributed by atoms with Gasteiger partial charge in [0, 0.05) is 12.8 Å². The predicted octanol–water partition coefficient (Wildman–Crippen LogP) is -0.0496. The van der Waals surface area contributed by atoms with Crippen LogP contribution in [0.5, 0.6) is 0 Å². The first-order valence-electron chi connectivity index (χ1n) is 6.17. The van der Waals surface area contributed by atoms with Gasteiger partial charge in [-0.1, -0.05) is 11.8 Å². The van der Waals surface area contributed by atoms with Crippen molar-refractivity contribution in [2.45, 2.75) is 24.4 Å². The summed E-state index contributed by atoms with van der Waals surface area (Å²) >= 11 is 1.52. The molecule has 2 rings (SSSR count). The van der Waals surface area contributed by atoms with E-state index >= 15 is 0 Å². The summed E-state index contributed by atoms with van der Waals surface area (Å²) in [6.07, 6.45) is 3.57. The van der Waals surface area contributed by atoms with E-state index < -0.39 is 11.1 Å². The molecule has 1 aromatic rings. The van der Waals surface area contributed by atoms with Gasteiger partial charge in [0.1, 0.15) is 0 Å². The lowest BCUT2D eigenvalue weighted by molar-refractivity contribution is 0.367. The van der Waals surface area contributed by atoms with E-state index in [1.807, 2.05) is 0 Å². The molecule has 18 heavy (non-hydrogen) atoms. The fourth-order valence-corrected chi connectivity index (χ4v) is 3.10. The number of aryl methyl sites for hydroxylation is 1. The minimum absolute atomic E-state index is 0.577. The molecular formula is C11H18N4O2S. The quantitative estimate of drug-likeness (QED) is 0.592. The zero-order valence-corrected chi connectivity index (χ0v) is 11.3. The number of rotatable bonds is 4. The third-order valence-corrected chi connectivity index (χ3v) is 4.23. The Labute approximate surface area is 109 Å². The summed E-state index contributed by atoms with van der Waals surface area (Å²) in [5.74, 6) is 1.69. The standard InChI is InChI=1S/C11H18N4O2S/c1-15-11(13-9(16)10(17)14-15)18-7-4-8-2-5-12-6-3-8/h8,12H,2-7H2,1H3,(H,14,17). The molecule has 1 saturated heterocycles. The molecule has 0 atom stereocenters. The first-order chi connectivity index (χ1) is 8.66. The van der Waals surface area contributed by atoms with E-state index in [2.05, 4.69) is 15.4 Å². The third kappa shape index (κ3) is 3.46.